The number of rotatable bonds is 3. The smallest absolute Gasteiger partial charge is 0.391 e. The van der Waals surface area contributed by atoms with Crippen molar-refractivity contribution in [1.82, 2.24) is 14.5 Å². The summed E-state index contributed by atoms with van der Waals surface area (Å²) < 4.78 is 39.9. The van der Waals surface area contributed by atoms with E-state index in [1.807, 2.05) is 0 Å². The first-order valence-corrected chi connectivity index (χ1v) is 8.60. The highest BCUT2D eigenvalue weighted by Crippen LogP contribution is 2.42. The molecule has 1 fully saturated rings. The number of alkyl halides is 3. The second kappa shape index (κ2) is 7.30. The van der Waals surface area contributed by atoms with E-state index in [2.05, 4.69) is 9.97 Å². The van der Waals surface area contributed by atoms with Crippen molar-refractivity contribution in [3.8, 4) is 5.69 Å². The molecule has 10 heteroatoms. The Morgan fingerprint density at radius 1 is 1.22 bits per heavy atom. The average Bonchev–Trinajstić information content (AvgIpc) is 2.61. The van der Waals surface area contributed by atoms with E-state index >= 15 is 0 Å². The number of carbonyl (C=O) groups is 1. The van der Waals surface area contributed by atoms with Gasteiger partial charge in [-0.2, -0.15) is 13.2 Å². The largest absolute Gasteiger partial charge is 0.477 e. The highest BCUT2D eigenvalue weighted by molar-refractivity contribution is 6.29. The van der Waals surface area contributed by atoms with Crippen LogP contribution in [-0.4, -0.2) is 31.8 Å². The van der Waals surface area contributed by atoms with Crippen LogP contribution in [0.15, 0.2) is 29.2 Å². The van der Waals surface area contributed by atoms with E-state index < -0.39 is 35.2 Å². The van der Waals surface area contributed by atoms with Crippen molar-refractivity contribution >= 4 is 17.6 Å². The molecule has 0 spiro atoms. The van der Waals surface area contributed by atoms with E-state index in [0.29, 0.717) is 5.69 Å². The summed E-state index contributed by atoms with van der Waals surface area (Å²) in [5, 5.41) is 9.39. The Labute approximate surface area is 156 Å². The molecule has 1 aliphatic rings. The molecule has 0 saturated heterocycles. The van der Waals surface area contributed by atoms with Crippen LogP contribution in [0.1, 0.15) is 47.9 Å². The van der Waals surface area contributed by atoms with Crippen LogP contribution in [0, 0.1) is 5.92 Å². The lowest BCUT2D eigenvalue weighted by molar-refractivity contribution is -0.182. The molecule has 1 aliphatic carbocycles. The van der Waals surface area contributed by atoms with Gasteiger partial charge in [-0.3, -0.25) is 9.36 Å². The van der Waals surface area contributed by atoms with Gasteiger partial charge in [0.15, 0.2) is 5.69 Å². The molecule has 2 heterocycles. The second-order valence-corrected chi connectivity index (χ2v) is 6.79. The summed E-state index contributed by atoms with van der Waals surface area (Å²) in [6.45, 7) is 0. The van der Waals surface area contributed by atoms with Gasteiger partial charge in [0.05, 0.1) is 17.8 Å². The molecule has 2 aromatic rings. The summed E-state index contributed by atoms with van der Waals surface area (Å²) >= 11 is 5.75. The van der Waals surface area contributed by atoms with Gasteiger partial charge in [0.25, 0.3) is 5.56 Å². The van der Waals surface area contributed by atoms with Crippen molar-refractivity contribution in [2.75, 3.05) is 0 Å². The number of hydrogen-bond acceptors (Lipinski definition) is 4. The molecule has 0 aromatic carbocycles. The van der Waals surface area contributed by atoms with Crippen molar-refractivity contribution in [3.63, 3.8) is 0 Å². The van der Waals surface area contributed by atoms with Crippen LogP contribution in [-0.2, 0) is 0 Å². The minimum atomic E-state index is -4.26. The molecule has 0 atom stereocenters. The van der Waals surface area contributed by atoms with Gasteiger partial charge in [-0.25, -0.2) is 14.8 Å². The molecule has 3 rings (SSSR count). The molecule has 2 aromatic heterocycles. The Hall–Kier alpha value is -2.42. The van der Waals surface area contributed by atoms with E-state index in [-0.39, 0.29) is 36.7 Å². The molecular formula is C17H15ClF3N3O3. The van der Waals surface area contributed by atoms with E-state index in [4.69, 9.17) is 11.6 Å². The number of aromatic carboxylic acids is 1. The summed E-state index contributed by atoms with van der Waals surface area (Å²) in [5.41, 5.74) is -0.757. The maximum Gasteiger partial charge on any atom is 0.391 e. The van der Waals surface area contributed by atoms with Crippen LogP contribution in [0.4, 0.5) is 13.2 Å². The maximum absolute atomic E-state index is 12.9. The van der Waals surface area contributed by atoms with Gasteiger partial charge < -0.3 is 5.11 Å². The first-order valence-electron chi connectivity index (χ1n) is 8.22. The monoisotopic (exact) mass is 401 g/mol. The molecule has 6 nitrogen and oxygen atoms in total. The SMILES string of the molecule is O=C(O)c1cc(=O)n(-c2ccc(Cl)nc2)c([C@H]2CC[C@@H](C(F)(F)F)CC2)n1. The van der Waals surface area contributed by atoms with Gasteiger partial charge >= 0.3 is 12.1 Å². The lowest BCUT2D eigenvalue weighted by Crippen LogP contribution is -2.31. The molecule has 0 aliphatic heterocycles. The van der Waals surface area contributed by atoms with E-state index in [1.165, 1.54) is 22.9 Å². The summed E-state index contributed by atoms with van der Waals surface area (Å²) in [6, 6.07) is 3.85. The minimum Gasteiger partial charge on any atom is -0.477 e. The average molecular weight is 402 g/mol. The summed E-state index contributed by atoms with van der Waals surface area (Å²) in [5.74, 6) is -3.11. The predicted octanol–water partition coefficient (Wildman–Crippen LogP) is 3.82. The zero-order chi connectivity index (χ0) is 19.8. The Kier molecular flexibility index (Phi) is 5.23. The lowest BCUT2D eigenvalue weighted by atomic mass is 9.81. The first-order chi connectivity index (χ1) is 12.7. The molecule has 1 saturated carbocycles. The molecule has 27 heavy (non-hydrogen) atoms. The summed E-state index contributed by atoms with van der Waals surface area (Å²) in [7, 11) is 0. The second-order valence-electron chi connectivity index (χ2n) is 6.41. The number of aromatic nitrogens is 3. The van der Waals surface area contributed by atoms with Gasteiger partial charge in [-0.1, -0.05) is 11.6 Å². The Balaban J connectivity index is 2.04. The lowest BCUT2D eigenvalue weighted by Gasteiger charge is -2.30. The normalized spacial score (nSPS) is 20.4. The van der Waals surface area contributed by atoms with Gasteiger partial charge in [0, 0.05) is 12.0 Å². The van der Waals surface area contributed by atoms with Gasteiger partial charge in [0.1, 0.15) is 11.0 Å². The van der Waals surface area contributed by atoms with Crippen LogP contribution in [0.5, 0.6) is 0 Å². The third-order valence-corrected chi connectivity index (χ3v) is 4.91. The zero-order valence-electron chi connectivity index (χ0n) is 13.9. The van der Waals surface area contributed by atoms with Gasteiger partial charge in [-0.05, 0) is 37.8 Å². The number of carboxylic acids is 1. The molecule has 1 N–H and O–H groups in total. The highest BCUT2D eigenvalue weighted by Gasteiger charge is 2.42. The fraction of sp³-hybridized carbons (Fsp3) is 0.412. The molecule has 0 radical (unpaired) electrons. The molecule has 144 valence electrons. The number of pyridine rings is 1. The number of hydrogen-bond donors (Lipinski definition) is 1. The Bertz CT molecular complexity index is 904. The number of nitrogens with zero attached hydrogens (tertiary/aromatic N) is 3. The minimum absolute atomic E-state index is 0.0970. The van der Waals surface area contributed by atoms with Crippen LogP contribution in [0.2, 0.25) is 5.15 Å². The van der Waals surface area contributed by atoms with Crippen LogP contribution in [0.25, 0.3) is 5.69 Å². The fourth-order valence-electron chi connectivity index (χ4n) is 3.32. The Morgan fingerprint density at radius 2 is 1.89 bits per heavy atom. The molecule has 0 amide bonds. The topological polar surface area (TPSA) is 85.1 Å². The van der Waals surface area contributed by atoms with Crippen molar-refractivity contribution in [3.05, 3.63) is 51.4 Å². The molecular weight excluding hydrogens is 387 g/mol. The third-order valence-electron chi connectivity index (χ3n) is 4.69. The molecule has 0 bridgehead atoms. The fourth-order valence-corrected chi connectivity index (χ4v) is 3.43. The van der Waals surface area contributed by atoms with Crippen molar-refractivity contribution in [2.45, 2.75) is 37.8 Å². The maximum atomic E-state index is 12.9. The first kappa shape index (κ1) is 19.3. The molecule has 0 unspecified atom stereocenters. The van der Waals surface area contributed by atoms with Crippen molar-refractivity contribution < 1.29 is 23.1 Å². The Morgan fingerprint density at radius 3 is 2.41 bits per heavy atom. The van der Waals surface area contributed by atoms with Crippen molar-refractivity contribution in [1.29, 1.82) is 0 Å². The van der Waals surface area contributed by atoms with Gasteiger partial charge in [-0.15, -0.1) is 0 Å². The standard InChI is InChI=1S/C17H15ClF3N3O3/c18-13-6-5-11(8-22-13)24-14(25)7-12(16(26)27)23-15(24)9-1-3-10(4-2-9)17(19,20)21/h5-10H,1-4H2,(H,26,27)/t9-,10+. The zero-order valence-corrected chi connectivity index (χ0v) is 14.7. The van der Waals surface area contributed by atoms with Gasteiger partial charge in [0.2, 0.25) is 0 Å². The highest BCUT2D eigenvalue weighted by atomic mass is 35.5. The van der Waals surface area contributed by atoms with Crippen LogP contribution >= 0.6 is 11.6 Å². The van der Waals surface area contributed by atoms with E-state index in [1.54, 1.807) is 0 Å². The van der Waals surface area contributed by atoms with E-state index in [9.17, 15) is 27.9 Å². The summed E-state index contributed by atoms with van der Waals surface area (Å²) in [4.78, 5) is 31.8. The number of carboxylic acid groups (broad SMARTS) is 1. The summed E-state index contributed by atoms with van der Waals surface area (Å²) in [6.07, 6.45) is -2.82. The third kappa shape index (κ3) is 4.13. The van der Waals surface area contributed by atoms with Crippen LogP contribution < -0.4 is 5.56 Å². The van der Waals surface area contributed by atoms with Crippen molar-refractivity contribution in [2.24, 2.45) is 5.92 Å². The predicted molar refractivity (Wildman–Crippen MR) is 90.4 cm³/mol. The van der Waals surface area contributed by atoms with Crippen LogP contribution in [0.3, 0.4) is 0 Å². The quantitative estimate of drug-likeness (QED) is 0.790. The van der Waals surface area contributed by atoms with E-state index in [0.717, 1.165) is 6.07 Å². The number of halogens is 4.